The SMILES string of the molecule is CNC(C)c1ccnc(N2CCC(N3CCOCC3)C2)c1. The lowest BCUT2D eigenvalue weighted by molar-refractivity contribution is 0.0209. The van der Waals surface area contributed by atoms with Gasteiger partial charge in [-0.1, -0.05) is 0 Å². The smallest absolute Gasteiger partial charge is 0.128 e. The topological polar surface area (TPSA) is 40.6 Å². The summed E-state index contributed by atoms with van der Waals surface area (Å²) >= 11 is 0. The molecule has 2 unspecified atom stereocenters. The van der Waals surface area contributed by atoms with Gasteiger partial charge in [0.15, 0.2) is 0 Å². The van der Waals surface area contributed by atoms with Crippen LogP contribution in [0.3, 0.4) is 0 Å². The van der Waals surface area contributed by atoms with E-state index in [4.69, 9.17) is 4.74 Å². The standard InChI is InChI=1S/C16H26N4O/c1-13(17-2)14-3-5-18-16(11-14)20-6-4-15(12-20)19-7-9-21-10-8-19/h3,5,11,13,15,17H,4,6-10,12H2,1-2H3. The summed E-state index contributed by atoms with van der Waals surface area (Å²) in [7, 11) is 2.00. The molecule has 5 nitrogen and oxygen atoms in total. The van der Waals surface area contributed by atoms with E-state index in [2.05, 4.69) is 39.2 Å². The van der Waals surface area contributed by atoms with Crippen LogP contribution < -0.4 is 10.2 Å². The second-order valence-electron chi connectivity index (χ2n) is 5.99. The molecule has 0 saturated carbocycles. The molecule has 5 heteroatoms. The first kappa shape index (κ1) is 14.8. The van der Waals surface area contributed by atoms with Gasteiger partial charge in [-0.15, -0.1) is 0 Å². The van der Waals surface area contributed by atoms with Gasteiger partial charge in [0.05, 0.1) is 13.2 Å². The normalized spacial score (nSPS) is 25.2. The fraction of sp³-hybridized carbons (Fsp3) is 0.688. The fourth-order valence-corrected chi connectivity index (χ4v) is 3.23. The van der Waals surface area contributed by atoms with Crippen molar-refractivity contribution in [2.45, 2.75) is 25.4 Å². The van der Waals surface area contributed by atoms with Gasteiger partial charge in [-0.05, 0) is 38.1 Å². The molecule has 3 heterocycles. The molecule has 2 aliphatic heterocycles. The third-order valence-corrected chi connectivity index (χ3v) is 4.75. The maximum absolute atomic E-state index is 5.45. The summed E-state index contributed by atoms with van der Waals surface area (Å²) in [5, 5.41) is 3.29. The minimum atomic E-state index is 0.365. The number of nitrogens with zero attached hydrogens (tertiary/aromatic N) is 3. The molecule has 2 saturated heterocycles. The summed E-state index contributed by atoms with van der Waals surface area (Å²) in [6.07, 6.45) is 3.16. The molecule has 2 aliphatic rings. The van der Waals surface area contributed by atoms with Crippen molar-refractivity contribution in [3.05, 3.63) is 23.9 Å². The molecule has 3 rings (SSSR count). The van der Waals surface area contributed by atoms with E-state index in [1.807, 2.05) is 13.2 Å². The molecular weight excluding hydrogens is 264 g/mol. The van der Waals surface area contributed by atoms with Crippen molar-refractivity contribution in [2.24, 2.45) is 0 Å². The molecule has 0 spiro atoms. The Hall–Kier alpha value is -1.17. The molecule has 1 N–H and O–H groups in total. The monoisotopic (exact) mass is 290 g/mol. The van der Waals surface area contributed by atoms with Crippen molar-refractivity contribution in [3.63, 3.8) is 0 Å². The third-order valence-electron chi connectivity index (χ3n) is 4.75. The highest BCUT2D eigenvalue weighted by molar-refractivity contribution is 5.43. The van der Waals surface area contributed by atoms with Crippen LogP contribution >= 0.6 is 0 Å². The number of hydrogen-bond donors (Lipinski definition) is 1. The van der Waals surface area contributed by atoms with Gasteiger partial charge < -0.3 is 15.0 Å². The molecule has 1 aromatic rings. The first-order valence-corrected chi connectivity index (χ1v) is 7.98. The summed E-state index contributed by atoms with van der Waals surface area (Å²) in [4.78, 5) is 9.57. The summed E-state index contributed by atoms with van der Waals surface area (Å²) < 4.78 is 5.45. The molecule has 116 valence electrons. The number of morpholine rings is 1. The van der Waals surface area contributed by atoms with E-state index in [1.165, 1.54) is 12.0 Å². The molecule has 0 aliphatic carbocycles. The highest BCUT2D eigenvalue weighted by atomic mass is 16.5. The minimum absolute atomic E-state index is 0.365. The molecule has 0 bridgehead atoms. The van der Waals surface area contributed by atoms with Gasteiger partial charge in [0, 0.05) is 44.5 Å². The number of nitrogens with one attached hydrogen (secondary N) is 1. The van der Waals surface area contributed by atoms with Crippen LogP contribution in [0.15, 0.2) is 18.3 Å². The van der Waals surface area contributed by atoms with E-state index >= 15 is 0 Å². The van der Waals surface area contributed by atoms with Gasteiger partial charge in [-0.2, -0.15) is 0 Å². The Balaban J connectivity index is 1.65. The Kier molecular flexibility index (Phi) is 4.73. The number of ether oxygens (including phenoxy) is 1. The fourth-order valence-electron chi connectivity index (χ4n) is 3.23. The summed E-state index contributed by atoms with van der Waals surface area (Å²) in [5.74, 6) is 1.12. The van der Waals surface area contributed by atoms with Crippen molar-refractivity contribution in [3.8, 4) is 0 Å². The molecule has 1 aromatic heterocycles. The average Bonchev–Trinajstić information content (AvgIpc) is 3.05. The van der Waals surface area contributed by atoms with Crippen LogP contribution in [-0.4, -0.2) is 62.4 Å². The highest BCUT2D eigenvalue weighted by Gasteiger charge is 2.29. The molecule has 0 aromatic carbocycles. The number of pyridine rings is 1. The van der Waals surface area contributed by atoms with E-state index in [0.29, 0.717) is 12.1 Å². The van der Waals surface area contributed by atoms with Crippen LogP contribution in [0.25, 0.3) is 0 Å². The zero-order valence-corrected chi connectivity index (χ0v) is 13.1. The molecule has 0 radical (unpaired) electrons. The van der Waals surface area contributed by atoms with Crippen LogP contribution in [-0.2, 0) is 4.74 Å². The van der Waals surface area contributed by atoms with Gasteiger partial charge >= 0.3 is 0 Å². The van der Waals surface area contributed by atoms with Gasteiger partial charge in [-0.25, -0.2) is 4.98 Å². The molecule has 2 fully saturated rings. The van der Waals surface area contributed by atoms with E-state index in [1.54, 1.807) is 0 Å². The van der Waals surface area contributed by atoms with E-state index < -0.39 is 0 Å². The van der Waals surface area contributed by atoms with Gasteiger partial charge in [-0.3, -0.25) is 4.90 Å². The predicted molar refractivity (Wildman–Crippen MR) is 84.7 cm³/mol. The number of aromatic nitrogens is 1. The lowest BCUT2D eigenvalue weighted by Gasteiger charge is -2.32. The summed E-state index contributed by atoms with van der Waals surface area (Å²) in [5.41, 5.74) is 1.30. The first-order valence-electron chi connectivity index (χ1n) is 7.98. The Bertz CT molecular complexity index is 461. The molecule has 21 heavy (non-hydrogen) atoms. The second-order valence-corrected chi connectivity index (χ2v) is 5.99. The maximum Gasteiger partial charge on any atom is 0.128 e. The zero-order chi connectivity index (χ0) is 14.7. The summed E-state index contributed by atoms with van der Waals surface area (Å²) in [6, 6.07) is 5.34. The van der Waals surface area contributed by atoms with E-state index in [-0.39, 0.29) is 0 Å². The molecule has 2 atom stereocenters. The van der Waals surface area contributed by atoms with Gasteiger partial charge in [0.1, 0.15) is 5.82 Å². The maximum atomic E-state index is 5.45. The van der Waals surface area contributed by atoms with Crippen molar-refractivity contribution >= 4 is 5.82 Å². The van der Waals surface area contributed by atoms with Crippen LogP contribution in [0.4, 0.5) is 5.82 Å². The van der Waals surface area contributed by atoms with Gasteiger partial charge in [0.25, 0.3) is 0 Å². The Morgan fingerprint density at radius 3 is 2.90 bits per heavy atom. The quantitative estimate of drug-likeness (QED) is 0.904. The van der Waals surface area contributed by atoms with Crippen LogP contribution in [0.1, 0.15) is 24.9 Å². The van der Waals surface area contributed by atoms with Crippen LogP contribution in [0.2, 0.25) is 0 Å². The van der Waals surface area contributed by atoms with Crippen molar-refractivity contribution in [1.29, 1.82) is 0 Å². The lowest BCUT2D eigenvalue weighted by atomic mass is 10.1. The van der Waals surface area contributed by atoms with Crippen molar-refractivity contribution in [1.82, 2.24) is 15.2 Å². The predicted octanol–water partition coefficient (Wildman–Crippen LogP) is 1.27. The Morgan fingerprint density at radius 2 is 2.14 bits per heavy atom. The zero-order valence-electron chi connectivity index (χ0n) is 13.1. The lowest BCUT2D eigenvalue weighted by Crippen LogP contribution is -2.44. The van der Waals surface area contributed by atoms with Crippen LogP contribution in [0.5, 0.6) is 0 Å². The number of hydrogen-bond acceptors (Lipinski definition) is 5. The molecule has 0 amide bonds. The second kappa shape index (κ2) is 6.73. The Labute approximate surface area is 127 Å². The summed E-state index contributed by atoms with van der Waals surface area (Å²) in [6.45, 7) is 8.27. The Morgan fingerprint density at radius 1 is 1.33 bits per heavy atom. The largest absolute Gasteiger partial charge is 0.379 e. The van der Waals surface area contributed by atoms with Crippen molar-refractivity contribution in [2.75, 3.05) is 51.3 Å². The van der Waals surface area contributed by atoms with Crippen LogP contribution in [0, 0.1) is 0 Å². The van der Waals surface area contributed by atoms with E-state index in [0.717, 1.165) is 45.2 Å². The number of anilines is 1. The van der Waals surface area contributed by atoms with Crippen molar-refractivity contribution < 1.29 is 4.74 Å². The first-order chi connectivity index (χ1) is 10.3. The number of rotatable bonds is 4. The third kappa shape index (κ3) is 3.36. The average molecular weight is 290 g/mol. The van der Waals surface area contributed by atoms with Gasteiger partial charge in [0.2, 0.25) is 0 Å². The molecular formula is C16H26N4O. The van der Waals surface area contributed by atoms with E-state index in [9.17, 15) is 0 Å². The minimum Gasteiger partial charge on any atom is -0.379 e. The highest BCUT2D eigenvalue weighted by Crippen LogP contribution is 2.24.